The third-order valence-corrected chi connectivity index (χ3v) is 2.26. The molecule has 0 bridgehead atoms. The van der Waals surface area contributed by atoms with E-state index < -0.39 is 0 Å². The van der Waals surface area contributed by atoms with E-state index in [0.717, 1.165) is 23.7 Å². The lowest BCUT2D eigenvalue weighted by Crippen LogP contribution is -1.91. The standard InChI is InChI=1S/C12H11NO/c1-2-6-13-7-5-11-8-10(9-14)3-4-12(11)13/h2-5,7-9H,1,6H2. The summed E-state index contributed by atoms with van der Waals surface area (Å²) in [4.78, 5) is 10.6. The summed E-state index contributed by atoms with van der Waals surface area (Å²) in [6.45, 7) is 4.49. The van der Waals surface area contributed by atoms with Crippen LogP contribution in [0.4, 0.5) is 0 Å². The van der Waals surface area contributed by atoms with Crippen LogP contribution in [0.5, 0.6) is 0 Å². The van der Waals surface area contributed by atoms with Crippen LogP contribution in [-0.2, 0) is 6.54 Å². The molecule has 0 saturated carbocycles. The molecular formula is C12H11NO. The first-order valence-corrected chi connectivity index (χ1v) is 4.50. The Labute approximate surface area is 82.5 Å². The Bertz CT molecular complexity index is 482. The molecule has 2 heteroatoms. The van der Waals surface area contributed by atoms with E-state index in [1.165, 1.54) is 0 Å². The Morgan fingerprint density at radius 3 is 2.93 bits per heavy atom. The second-order valence-electron chi connectivity index (χ2n) is 3.19. The smallest absolute Gasteiger partial charge is 0.150 e. The summed E-state index contributed by atoms with van der Waals surface area (Å²) in [6, 6.07) is 7.69. The van der Waals surface area contributed by atoms with Crippen molar-refractivity contribution in [3.63, 3.8) is 0 Å². The van der Waals surface area contributed by atoms with Gasteiger partial charge < -0.3 is 4.57 Å². The SMILES string of the molecule is C=CCn1ccc2cc(C=O)ccc21. The highest BCUT2D eigenvalue weighted by molar-refractivity contribution is 5.87. The number of benzene rings is 1. The minimum absolute atomic E-state index is 0.717. The molecule has 2 nitrogen and oxygen atoms in total. The topological polar surface area (TPSA) is 22.0 Å². The first-order valence-electron chi connectivity index (χ1n) is 4.50. The van der Waals surface area contributed by atoms with Gasteiger partial charge in [0.2, 0.25) is 0 Å². The number of carbonyl (C=O) groups is 1. The van der Waals surface area contributed by atoms with Gasteiger partial charge in [-0.3, -0.25) is 4.79 Å². The molecule has 0 saturated heterocycles. The van der Waals surface area contributed by atoms with Gasteiger partial charge in [0.15, 0.2) is 0 Å². The van der Waals surface area contributed by atoms with Gasteiger partial charge in [0.05, 0.1) is 0 Å². The third kappa shape index (κ3) is 1.35. The second kappa shape index (κ2) is 3.50. The van der Waals surface area contributed by atoms with Crippen LogP contribution in [0.25, 0.3) is 10.9 Å². The minimum Gasteiger partial charge on any atom is -0.344 e. The van der Waals surface area contributed by atoms with E-state index in [4.69, 9.17) is 0 Å². The molecule has 70 valence electrons. The highest BCUT2D eigenvalue weighted by atomic mass is 16.1. The van der Waals surface area contributed by atoms with Crippen LogP contribution in [0.15, 0.2) is 43.1 Å². The highest BCUT2D eigenvalue weighted by Gasteiger charge is 1.99. The number of allylic oxidation sites excluding steroid dienone is 1. The average Bonchev–Trinajstić information content (AvgIpc) is 2.61. The van der Waals surface area contributed by atoms with Crippen molar-refractivity contribution in [2.24, 2.45) is 0 Å². The molecule has 14 heavy (non-hydrogen) atoms. The number of hydrogen-bond acceptors (Lipinski definition) is 1. The van der Waals surface area contributed by atoms with Crippen molar-refractivity contribution < 1.29 is 4.79 Å². The van der Waals surface area contributed by atoms with Crippen molar-refractivity contribution in [3.05, 3.63) is 48.7 Å². The molecule has 1 aromatic heterocycles. The van der Waals surface area contributed by atoms with Crippen molar-refractivity contribution in [1.82, 2.24) is 4.57 Å². The van der Waals surface area contributed by atoms with Crippen LogP contribution in [0.2, 0.25) is 0 Å². The molecule has 1 aromatic carbocycles. The molecule has 0 amide bonds. The predicted molar refractivity (Wildman–Crippen MR) is 57.5 cm³/mol. The zero-order valence-corrected chi connectivity index (χ0v) is 7.81. The number of carbonyl (C=O) groups excluding carboxylic acids is 1. The maximum atomic E-state index is 10.6. The molecule has 0 spiro atoms. The van der Waals surface area contributed by atoms with Gasteiger partial charge in [-0.05, 0) is 24.3 Å². The normalized spacial score (nSPS) is 10.3. The third-order valence-electron chi connectivity index (χ3n) is 2.26. The van der Waals surface area contributed by atoms with E-state index in [1.54, 1.807) is 0 Å². The van der Waals surface area contributed by atoms with Crippen LogP contribution in [0.3, 0.4) is 0 Å². The maximum absolute atomic E-state index is 10.6. The van der Waals surface area contributed by atoms with Gasteiger partial charge in [0.25, 0.3) is 0 Å². The summed E-state index contributed by atoms with van der Waals surface area (Å²) >= 11 is 0. The second-order valence-corrected chi connectivity index (χ2v) is 3.19. The Hall–Kier alpha value is -1.83. The van der Waals surface area contributed by atoms with Crippen molar-refractivity contribution in [2.75, 3.05) is 0 Å². The molecule has 1 heterocycles. The van der Waals surface area contributed by atoms with Gasteiger partial charge in [-0.1, -0.05) is 6.08 Å². The Morgan fingerprint density at radius 1 is 1.36 bits per heavy atom. The lowest BCUT2D eigenvalue weighted by molar-refractivity contribution is 0.112. The van der Waals surface area contributed by atoms with Crippen molar-refractivity contribution in [2.45, 2.75) is 6.54 Å². The monoisotopic (exact) mass is 185 g/mol. The van der Waals surface area contributed by atoms with E-state index in [0.29, 0.717) is 5.56 Å². The molecule has 2 rings (SSSR count). The van der Waals surface area contributed by atoms with E-state index in [-0.39, 0.29) is 0 Å². The first kappa shape index (κ1) is 8.75. The van der Waals surface area contributed by atoms with Crippen LogP contribution < -0.4 is 0 Å². The summed E-state index contributed by atoms with van der Waals surface area (Å²) < 4.78 is 2.09. The Kier molecular flexibility index (Phi) is 2.19. The number of fused-ring (bicyclic) bond motifs is 1. The molecular weight excluding hydrogens is 174 g/mol. The molecule has 0 aliphatic carbocycles. The molecule has 0 atom stereocenters. The average molecular weight is 185 g/mol. The molecule has 0 aliphatic rings. The molecule has 0 fully saturated rings. The maximum Gasteiger partial charge on any atom is 0.150 e. The zero-order chi connectivity index (χ0) is 9.97. The van der Waals surface area contributed by atoms with Crippen molar-refractivity contribution in [1.29, 1.82) is 0 Å². The number of nitrogens with zero attached hydrogens (tertiary/aromatic N) is 1. The minimum atomic E-state index is 0.717. The summed E-state index contributed by atoms with van der Waals surface area (Å²) in [5.74, 6) is 0. The van der Waals surface area contributed by atoms with E-state index in [9.17, 15) is 4.79 Å². The zero-order valence-electron chi connectivity index (χ0n) is 7.81. The van der Waals surface area contributed by atoms with E-state index >= 15 is 0 Å². The van der Waals surface area contributed by atoms with Crippen LogP contribution in [0, 0.1) is 0 Å². The van der Waals surface area contributed by atoms with Gasteiger partial charge in [-0.15, -0.1) is 6.58 Å². The number of aldehydes is 1. The lowest BCUT2D eigenvalue weighted by Gasteiger charge is -2.00. The van der Waals surface area contributed by atoms with Crippen molar-refractivity contribution >= 4 is 17.2 Å². The van der Waals surface area contributed by atoms with Gasteiger partial charge in [-0.25, -0.2) is 0 Å². The highest BCUT2D eigenvalue weighted by Crippen LogP contribution is 2.16. The van der Waals surface area contributed by atoms with Crippen LogP contribution in [0.1, 0.15) is 10.4 Å². The molecule has 2 aromatic rings. The van der Waals surface area contributed by atoms with Crippen LogP contribution >= 0.6 is 0 Å². The largest absolute Gasteiger partial charge is 0.344 e. The molecule has 0 N–H and O–H groups in total. The fourth-order valence-electron chi connectivity index (χ4n) is 1.59. The summed E-state index contributed by atoms with van der Waals surface area (Å²) in [5, 5.41) is 1.09. The quantitative estimate of drug-likeness (QED) is 0.532. The number of hydrogen-bond donors (Lipinski definition) is 0. The lowest BCUT2D eigenvalue weighted by atomic mass is 10.2. The number of rotatable bonds is 3. The fraction of sp³-hybridized carbons (Fsp3) is 0.0833. The summed E-state index contributed by atoms with van der Waals surface area (Å²) in [7, 11) is 0. The van der Waals surface area contributed by atoms with Gasteiger partial charge >= 0.3 is 0 Å². The first-order chi connectivity index (χ1) is 6.85. The van der Waals surface area contributed by atoms with Crippen LogP contribution in [-0.4, -0.2) is 10.9 Å². The van der Waals surface area contributed by atoms with Gasteiger partial charge in [0.1, 0.15) is 6.29 Å². The van der Waals surface area contributed by atoms with E-state index in [2.05, 4.69) is 11.1 Å². The fourth-order valence-corrected chi connectivity index (χ4v) is 1.59. The van der Waals surface area contributed by atoms with Gasteiger partial charge in [0, 0.05) is 29.2 Å². The Balaban J connectivity index is 2.58. The molecule has 0 aliphatic heterocycles. The number of aromatic nitrogens is 1. The Morgan fingerprint density at radius 2 is 2.21 bits per heavy atom. The molecule has 0 unspecified atom stereocenters. The van der Waals surface area contributed by atoms with Crippen molar-refractivity contribution in [3.8, 4) is 0 Å². The summed E-state index contributed by atoms with van der Waals surface area (Å²) in [5.41, 5.74) is 1.85. The summed E-state index contributed by atoms with van der Waals surface area (Å²) in [6.07, 6.45) is 4.72. The molecule has 0 radical (unpaired) electrons. The predicted octanol–water partition coefficient (Wildman–Crippen LogP) is 2.64. The van der Waals surface area contributed by atoms with Gasteiger partial charge in [-0.2, -0.15) is 0 Å². The van der Waals surface area contributed by atoms with E-state index in [1.807, 2.05) is 36.5 Å².